The van der Waals surface area contributed by atoms with Crippen LogP contribution < -0.4 is 0 Å². The van der Waals surface area contributed by atoms with E-state index in [0.29, 0.717) is 5.95 Å². The predicted octanol–water partition coefficient (Wildman–Crippen LogP) is 15.1. The zero-order valence-electron chi connectivity index (χ0n) is 33.6. The summed E-state index contributed by atoms with van der Waals surface area (Å²) in [6.07, 6.45) is 0. The third kappa shape index (κ3) is 5.27. The van der Waals surface area contributed by atoms with Crippen molar-refractivity contribution < 1.29 is 0 Å². The van der Waals surface area contributed by atoms with E-state index in [4.69, 9.17) is 9.97 Å². The standard InChI is InChI=1S/C58H36N4/c1-3-16-37(17-4-1)52-36-53(38-18-5-2-6-19-38)60-58(59-52)62-55-29-14-12-27-48(55)51-34-56-50(35-57(51)62)47-26-11-13-28-54(47)61(56)41-21-15-20-39(32-41)40-30-31-46-44-24-8-7-22-42(44)43-23-9-10-25-45(43)49(46)33-40/h1-36H. The summed E-state index contributed by atoms with van der Waals surface area (Å²) in [6, 6.07) is 78.6. The number of aromatic nitrogens is 4. The van der Waals surface area contributed by atoms with Crippen molar-refractivity contribution >= 4 is 75.9 Å². The molecule has 0 aliphatic heterocycles. The third-order valence-corrected chi connectivity index (χ3v) is 12.7. The van der Waals surface area contributed by atoms with E-state index in [1.807, 2.05) is 12.1 Å². The fourth-order valence-electron chi connectivity index (χ4n) is 9.88. The highest BCUT2D eigenvalue weighted by molar-refractivity contribution is 6.26. The van der Waals surface area contributed by atoms with Crippen LogP contribution in [0.5, 0.6) is 0 Å². The van der Waals surface area contributed by atoms with Crippen LogP contribution in [0.15, 0.2) is 218 Å². The molecule has 13 rings (SSSR count). The average Bonchev–Trinajstić information content (AvgIpc) is 3.85. The summed E-state index contributed by atoms with van der Waals surface area (Å²) in [5.74, 6) is 0.642. The monoisotopic (exact) mass is 788 g/mol. The smallest absolute Gasteiger partial charge is 0.235 e. The summed E-state index contributed by atoms with van der Waals surface area (Å²) < 4.78 is 4.69. The van der Waals surface area contributed by atoms with Gasteiger partial charge in [0.15, 0.2) is 0 Å². The normalized spacial score (nSPS) is 11.9. The van der Waals surface area contributed by atoms with Crippen LogP contribution in [-0.4, -0.2) is 19.1 Å². The molecular formula is C58H36N4. The van der Waals surface area contributed by atoms with E-state index in [1.165, 1.54) is 54.2 Å². The predicted molar refractivity (Wildman–Crippen MR) is 260 cm³/mol. The molecule has 288 valence electrons. The van der Waals surface area contributed by atoms with Gasteiger partial charge in [-0.15, -0.1) is 0 Å². The Balaban J connectivity index is 1.03. The van der Waals surface area contributed by atoms with Gasteiger partial charge in [-0.05, 0) is 92.0 Å². The molecule has 13 aromatic rings. The largest absolute Gasteiger partial charge is 0.309 e. The Morgan fingerprint density at radius 3 is 1.26 bits per heavy atom. The van der Waals surface area contributed by atoms with Crippen LogP contribution in [0.1, 0.15) is 0 Å². The first kappa shape index (κ1) is 34.5. The van der Waals surface area contributed by atoms with Crippen molar-refractivity contribution in [2.24, 2.45) is 0 Å². The maximum Gasteiger partial charge on any atom is 0.235 e. The molecule has 3 heterocycles. The molecule has 0 atom stereocenters. The van der Waals surface area contributed by atoms with Gasteiger partial charge in [0.05, 0.1) is 33.5 Å². The number of para-hydroxylation sites is 2. The molecule has 0 aliphatic rings. The zero-order valence-corrected chi connectivity index (χ0v) is 33.6. The Morgan fingerprint density at radius 2 is 0.677 bits per heavy atom. The number of fused-ring (bicyclic) bond motifs is 12. The van der Waals surface area contributed by atoms with Gasteiger partial charge >= 0.3 is 0 Å². The molecule has 0 N–H and O–H groups in total. The van der Waals surface area contributed by atoms with E-state index < -0.39 is 0 Å². The Morgan fingerprint density at radius 1 is 0.242 bits per heavy atom. The molecule has 0 bridgehead atoms. The highest BCUT2D eigenvalue weighted by Crippen LogP contribution is 2.41. The lowest BCUT2D eigenvalue weighted by molar-refractivity contribution is 0.996. The highest BCUT2D eigenvalue weighted by Gasteiger charge is 2.21. The van der Waals surface area contributed by atoms with Crippen molar-refractivity contribution in [1.29, 1.82) is 0 Å². The summed E-state index contributed by atoms with van der Waals surface area (Å²) in [5, 5.41) is 12.4. The molecule has 0 fully saturated rings. The van der Waals surface area contributed by atoms with E-state index in [-0.39, 0.29) is 0 Å². The zero-order chi connectivity index (χ0) is 40.7. The van der Waals surface area contributed by atoms with E-state index in [2.05, 4.69) is 215 Å². The molecule has 62 heavy (non-hydrogen) atoms. The SMILES string of the molecule is c1ccc(-c2cc(-c3ccccc3)nc(-n3c4ccccc4c4cc5c(cc43)c3ccccc3n5-c3cccc(-c4ccc5c6ccccc6c6ccccc6c5c4)c3)n2)cc1. The lowest BCUT2D eigenvalue weighted by atomic mass is 9.92. The Hall–Kier alpha value is -8.34. The van der Waals surface area contributed by atoms with Gasteiger partial charge in [0.2, 0.25) is 5.95 Å². The number of hydrogen-bond donors (Lipinski definition) is 0. The minimum Gasteiger partial charge on any atom is -0.309 e. The van der Waals surface area contributed by atoms with E-state index >= 15 is 0 Å². The molecule has 0 aliphatic carbocycles. The summed E-state index contributed by atoms with van der Waals surface area (Å²) in [7, 11) is 0. The van der Waals surface area contributed by atoms with Gasteiger partial charge in [0.25, 0.3) is 0 Å². The number of rotatable bonds is 5. The molecule has 0 spiro atoms. The van der Waals surface area contributed by atoms with Gasteiger partial charge in [-0.3, -0.25) is 4.57 Å². The van der Waals surface area contributed by atoms with Crippen LogP contribution >= 0.6 is 0 Å². The van der Waals surface area contributed by atoms with Crippen molar-refractivity contribution in [3.05, 3.63) is 218 Å². The second-order valence-electron chi connectivity index (χ2n) is 16.2. The Bertz CT molecular complexity index is 3820. The van der Waals surface area contributed by atoms with E-state index in [1.54, 1.807) is 0 Å². The molecule has 0 radical (unpaired) electrons. The van der Waals surface area contributed by atoms with Crippen LogP contribution in [0.25, 0.3) is 121 Å². The number of benzene rings is 10. The average molecular weight is 789 g/mol. The first-order valence-electron chi connectivity index (χ1n) is 21.2. The molecule has 10 aromatic carbocycles. The minimum atomic E-state index is 0.642. The topological polar surface area (TPSA) is 35.6 Å². The summed E-state index contributed by atoms with van der Waals surface area (Å²) in [5.41, 5.74) is 11.8. The van der Waals surface area contributed by atoms with Gasteiger partial charge in [-0.2, -0.15) is 0 Å². The number of nitrogens with zero attached hydrogens (tertiary/aromatic N) is 4. The second kappa shape index (κ2) is 13.6. The lowest BCUT2D eigenvalue weighted by Gasteiger charge is -2.13. The van der Waals surface area contributed by atoms with Gasteiger partial charge < -0.3 is 4.57 Å². The maximum absolute atomic E-state index is 5.30. The highest BCUT2D eigenvalue weighted by atomic mass is 15.2. The van der Waals surface area contributed by atoms with Crippen LogP contribution in [0.3, 0.4) is 0 Å². The molecule has 0 unspecified atom stereocenters. The molecule has 0 saturated carbocycles. The van der Waals surface area contributed by atoms with Gasteiger partial charge in [0, 0.05) is 38.4 Å². The van der Waals surface area contributed by atoms with Crippen molar-refractivity contribution in [2.45, 2.75) is 0 Å². The lowest BCUT2D eigenvalue weighted by Crippen LogP contribution is -2.04. The maximum atomic E-state index is 5.30. The van der Waals surface area contributed by atoms with Gasteiger partial charge in [0.1, 0.15) is 0 Å². The number of hydrogen-bond acceptors (Lipinski definition) is 2. The molecule has 4 nitrogen and oxygen atoms in total. The van der Waals surface area contributed by atoms with E-state index in [9.17, 15) is 0 Å². The first-order chi connectivity index (χ1) is 30.7. The van der Waals surface area contributed by atoms with Crippen molar-refractivity contribution in [1.82, 2.24) is 19.1 Å². The van der Waals surface area contributed by atoms with Crippen LogP contribution in [0.4, 0.5) is 0 Å². The van der Waals surface area contributed by atoms with Crippen molar-refractivity contribution in [3.63, 3.8) is 0 Å². The quantitative estimate of drug-likeness (QED) is 0.163. The fraction of sp³-hybridized carbons (Fsp3) is 0. The van der Waals surface area contributed by atoms with Crippen molar-refractivity contribution in [2.75, 3.05) is 0 Å². The third-order valence-electron chi connectivity index (χ3n) is 12.7. The molecule has 4 heteroatoms. The Kier molecular flexibility index (Phi) is 7.57. The summed E-state index contributed by atoms with van der Waals surface area (Å²) >= 11 is 0. The van der Waals surface area contributed by atoms with Crippen LogP contribution in [0.2, 0.25) is 0 Å². The van der Waals surface area contributed by atoms with E-state index in [0.717, 1.165) is 61.0 Å². The summed E-state index contributed by atoms with van der Waals surface area (Å²) in [6.45, 7) is 0. The van der Waals surface area contributed by atoms with Gasteiger partial charge in [-0.25, -0.2) is 9.97 Å². The molecule has 0 amide bonds. The van der Waals surface area contributed by atoms with Gasteiger partial charge in [-0.1, -0.05) is 170 Å². The van der Waals surface area contributed by atoms with Crippen LogP contribution in [0, 0.1) is 0 Å². The van der Waals surface area contributed by atoms with Crippen LogP contribution in [-0.2, 0) is 0 Å². The first-order valence-corrected chi connectivity index (χ1v) is 21.2. The molecular weight excluding hydrogens is 753 g/mol. The molecule has 3 aromatic heterocycles. The Labute approximate surface area is 357 Å². The minimum absolute atomic E-state index is 0.642. The second-order valence-corrected chi connectivity index (χ2v) is 16.2. The molecule has 0 saturated heterocycles. The summed E-state index contributed by atoms with van der Waals surface area (Å²) in [4.78, 5) is 10.6. The fourth-order valence-corrected chi connectivity index (χ4v) is 9.88. The van der Waals surface area contributed by atoms with Crippen molar-refractivity contribution in [3.8, 4) is 45.3 Å².